The second-order valence-corrected chi connectivity index (χ2v) is 4.91. The molecule has 0 saturated heterocycles. The first-order valence-electron chi connectivity index (χ1n) is 2.74. The highest BCUT2D eigenvalue weighted by molar-refractivity contribution is 6.67. The van der Waals surface area contributed by atoms with E-state index in [1.165, 1.54) is 0 Å². The second kappa shape index (κ2) is 4.61. The molecule has 0 aromatic carbocycles. The number of halogens is 3. The van der Waals surface area contributed by atoms with Crippen molar-refractivity contribution in [3.8, 4) is 0 Å². The first-order valence-corrected chi connectivity index (χ1v) is 5.03. The van der Waals surface area contributed by atoms with E-state index in [0.29, 0.717) is 6.42 Å². The highest BCUT2D eigenvalue weighted by Gasteiger charge is 2.17. The number of hydrogen-bond donors (Lipinski definition) is 0. The fourth-order valence-corrected chi connectivity index (χ4v) is 1.07. The molecule has 0 N–H and O–H groups in total. The zero-order chi connectivity index (χ0) is 7.33. The lowest BCUT2D eigenvalue weighted by Gasteiger charge is -2.06. The molecule has 0 aromatic rings. The van der Waals surface area contributed by atoms with Gasteiger partial charge in [0, 0.05) is 10.2 Å². The third kappa shape index (κ3) is 8.83. The van der Waals surface area contributed by atoms with Crippen molar-refractivity contribution in [2.75, 3.05) is 0 Å². The van der Waals surface area contributed by atoms with Crippen molar-refractivity contribution in [2.24, 2.45) is 0 Å². The van der Waals surface area contributed by atoms with E-state index in [1.54, 1.807) is 0 Å². The SMILES string of the molecule is [SiH3]C=CCCC(Cl)(Cl)Cl. The van der Waals surface area contributed by atoms with Gasteiger partial charge in [0.25, 0.3) is 0 Å². The van der Waals surface area contributed by atoms with Gasteiger partial charge < -0.3 is 0 Å². The Hall–Kier alpha value is 0.827. The zero-order valence-electron chi connectivity index (χ0n) is 5.20. The molecule has 0 bridgehead atoms. The van der Waals surface area contributed by atoms with Crippen LogP contribution in [0, 0.1) is 0 Å². The Balaban J connectivity index is 3.28. The van der Waals surface area contributed by atoms with Gasteiger partial charge in [-0.2, -0.15) is 0 Å². The summed E-state index contributed by atoms with van der Waals surface area (Å²) in [5.41, 5.74) is 2.08. The predicted octanol–water partition coefficient (Wildman–Crippen LogP) is 2.02. The van der Waals surface area contributed by atoms with Crippen molar-refractivity contribution in [1.82, 2.24) is 0 Å². The molecule has 4 heteroatoms. The number of hydrogen-bond acceptors (Lipinski definition) is 0. The van der Waals surface area contributed by atoms with Gasteiger partial charge in [0.2, 0.25) is 0 Å². The van der Waals surface area contributed by atoms with Crippen LogP contribution in [0.1, 0.15) is 12.8 Å². The van der Waals surface area contributed by atoms with Gasteiger partial charge in [-0.1, -0.05) is 40.9 Å². The maximum atomic E-state index is 5.48. The van der Waals surface area contributed by atoms with Gasteiger partial charge in [-0.15, -0.1) is 5.70 Å². The quantitative estimate of drug-likeness (QED) is 0.476. The Bertz CT molecular complexity index is 94.9. The van der Waals surface area contributed by atoms with E-state index in [2.05, 4.69) is 5.70 Å². The summed E-state index contributed by atoms with van der Waals surface area (Å²) in [6.45, 7) is 0. The van der Waals surface area contributed by atoms with E-state index in [0.717, 1.165) is 16.7 Å². The van der Waals surface area contributed by atoms with Crippen molar-refractivity contribution in [3.63, 3.8) is 0 Å². The third-order valence-corrected chi connectivity index (χ3v) is 1.87. The zero-order valence-corrected chi connectivity index (χ0v) is 9.47. The molecule has 0 rings (SSSR count). The molecule has 0 atom stereocenters. The molecule has 54 valence electrons. The lowest BCUT2D eigenvalue weighted by atomic mass is 10.3. The van der Waals surface area contributed by atoms with Crippen LogP contribution < -0.4 is 0 Å². The largest absolute Gasteiger partial charge is 0.190 e. The molecule has 0 aliphatic heterocycles. The second-order valence-electron chi connectivity index (χ2n) is 1.72. The molecule has 0 aromatic heterocycles. The molecule has 0 nitrogen and oxygen atoms in total. The highest BCUT2D eigenvalue weighted by Crippen LogP contribution is 2.31. The van der Waals surface area contributed by atoms with Gasteiger partial charge >= 0.3 is 0 Å². The molecule has 9 heavy (non-hydrogen) atoms. The summed E-state index contributed by atoms with van der Waals surface area (Å²) in [6, 6.07) is 0. The van der Waals surface area contributed by atoms with Crippen molar-refractivity contribution >= 4 is 45.0 Å². The molecular weight excluding hydrogens is 194 g/mol. The van der Waals surface area contributed by atoms with E-state index in [9.17, 15) is 0 Å². The molecule has 0 fully saturated rings. The minimum absolute atomic E-state index is 0.608. The lowest BCUT2D eigenvalue weighted by molar-refractivity contribution is 0.879. The lowest BCUT2D eigenvalue weighted by Crippen LogP contribution is -1.99. The maximum Gasteiger partial charge on any atom is 0.190 e. The summed E-state index contributed by atoms with van der Waals surface area (Å²) in [6.07, 6.45) is 3.50. The summed E-state index contributed by atoms with van der Waals surface area (Å²) in [5.74, 6) is 0. The van der Waals surface area contributed by atoms with Gasteiger partial charge in [-0.25, -0.2) is 0 Å². The standard InChI is InChI=1S/C5H9Cl3Si/c6-5(7,8)3-1-2-4-9/h2,4H,1,3H2,9H3. The van der Waals surface area contributed by atoms with Crippen LogP contribution in [0.3, 0.4) is 0 Å². The first kappa shape index (κ1) is 9.83. The molecule has 0 saturated carbocycles. The van der Waals surface area contributed by atoms with Gasteiger partial charge in [0.1, 0.15) is 0 Å². The Kier molecular flexibility index (Phi) is 5.04. The van der Waals surface area contributed by atoms with E-state index in [4.69, 9.17) is 34.8 Å². The maximum absolute atomic E-state index is 5.48. The van der Waals surface area contributed by atoms with Gasteiger partial charge in [0.15, 0.2) is 3.79 Å². The summed E-state index contributed by atoms with van der Waals surface area (Å²) < 4.78 is -1.07. The summed E-state index contributed by atoms with van der Waals surface area (Å²) in [4.78, 5) is 0. The molecular formula is C5H9Cl3Si. The van der Waals surface area contributed by atoms with Crippen LogP contribution in [-0.4, -0.2) is 14.0 Å². The Morgan fingerprint density at radius 1 is 1.33 bits per heavy atom. The topological polar surface area (TPSA) is 0 Å². The fourth-order valence-electron chi connectivity index (χ4n) is 0.414. The minimum atomic E-state index is -1.07. The van der Waals surface area contributed by atoms with Crippen LogP contribution >= 0.6 is 34.8 Å². The third-order valence-electron chi connectivity index (χ3n) is 0.830. The molecule has 0 spiro atoms. The normalized spacial score (nSPS) is 13.2. The first-order chi connectivity index (χ1) is 4.06. The average Bonchev–Trinajstić information content (AvgIpc) is 1.63. The van der Waals surface area contributed by atoms with Crippen molar-refractivity contribution in [3.05, 3.63) is 11.8 Å². The smallest absolute Gasteiger partial charge is 0.109 e. The number of rotatable bonds is 2. The van der Waals surface area contributed by atoms with Crippen LogP contribution in [0.25, 0.3) is 0 Å². The average molecular weight is 204 g/mol. The van der Waals surface area contributed by atoms with E-state index in [1.807, 2.05) is 6.08 Å². The van der Waals surface area contributed by atoms with Gasteiger partial charge in [0.05, 0.1) is 0 Å². The predicted molar refractivity (Wildman–Crippen MR) is 48.6 cm³/mol. The van der Waals surface area contributed by atoms with Crippen LogP contribution in [0.15, 0.2) is 11.8 Å². The number of alkyl halides is 3. The monoisotopic (exact) mass is 202 g/mol. The number of allylic oxidation sites excluding steroid dienone is 1. The van der Waals surface area contributed by atoms with Crippen LogP contribution in [0.4, 0.5) is 0 Å². The molecule has 0 aliphatic carbocycles. The Labute approximate surface area is 73.6 Å². The molecule has 0 amide bonds. The van der Waals surface area contributed by atoms with Crippen molar-refractivity contribution in [1.29, 1.82) is 0 Å². The van der Waals surface area contributed by atoms with Crippen molar-refractivity contribution < 1.29 is 0 Å². The van der Waals surface area contributed by atoms with Gasteiger partial charge in [-0.05, 0) is 12.8 Å². The van der Waals surface area contributed by atoms with E-state index >= 15 is 0 Å². The van der Waals surface area contributed by atoms with Crippen molar-refractivity contribution in [2.45, 2.75) is 16.6 Å². The molecule has 0 radical (unpaired) electrons. The van der Waals surface area contributed by atoms with Gasteiger partial charge in [-0.3, -0.25) is 0 Å². The molecule has 0 heterocycles. The summed E-state index contributed by atoms with van der Waals surface area (Å²) >= 11 is 16.4. The van der Waals surface area contributed by atoms with Crippen LogP contribution in [-0.2, 0) is 0 Å². The fraction of sp³-hybridized carbons (Fsp3) is 0.600. The van der Waals surface area contributed by atoms with Crippen LogP contribution in [0.2, 0.25) is 0 Å². The van der Waals surface area contributed by atoms with Crippen LogP contribution in [0.5, 0.6) is 0 Å². The Morgan fingerprint density at radius 2 is 1.89 bits per heavy atom. The minimum Gasteiger partial charge on any atom is -0.109 e. The highest BCUT2D eigenvalue weighted by atomic mass is 35.6. The molecule has 0 unspecified atom stereocenters. The summed E-state index contributed by atoms with van der Waals surface area (Å²) in [7, 11) is 1.08. The summed E-state index contributed by atoms with van der Waals surface area (Å²) in [5, 5.41) is 0. The molecule has 0 aliphatic rings. The van der Waals surface area contributed by atoms with E-state index < -0.39 is 3.79 Å². The van der Waals surface area contributed by atoms with E-state index in [-0.39, 0.29) is 0 Å². The Morgan fingerprint density at radius 3 is 2.22 bits per heavy atom.